The Bertz CT molecular complexity index is 721. The van der Waals surface area contributed by atoms with E-state index in [1.165, 1.54) is 18.2 Å². The average molecular weight is 399 g/mol. The Hall–Kier alpha value is -0.840. The molecule has 8 heteroatoms. The fraction of sp³-hybridized carbons (Fsp3) is 0.0714. The van der Waals surface area contributed by atoms with Crippen LogP contribution in [0.2, 0.25) is 25.1 Å². The molecule has 3 nitrogen and oxygen atoms in total. The molecule has 1 amide bonds. The van der Waals surface area contributed by atoms with E-state index in [-0.39, 0.29) is 16.7 Å². The summed E-state index contributed by atoms with van der Waals surface area (Å²) in [7, 11) is 0. The van der Waals surface area contributed by atoms with E-state index in [4.69, 9.17) is 62.7 Å². The third kappa shape index (κ3) is 4.58. The van der Waals surface area contributed by atoms with Gasteiger partial charge in [-0.1, -0.05) is 58.0 Å². The number of carbonyl (C=O) groups is 1. The van der Waals surface area contributed by atoms with Gasteiger partial charge < -0.3 is 10.1 Å². The van der Waals surface area contributed by atoms with Gasteiger partial charge in [-0.15, -0.1) is 0 Å². The molecule has 2 rings (SSSR count). The number of halogens is 5. The highest BCUT2D eigenvalue weighted by atomic mass is 35.5. The maximum Gasteiger partial charge on any atom is 0.262 e. The van der Waals surface area contributed by atoms with Crippen LogP contribution >= 0.6 is 58.0 Å². The molecule has 0 fully saturated rings. The van der Waals surface area contributed by atoms with Crippen LogP contribution in [0.15, 0.2) is 30.3 Å². The van der Waals surface area contributed by atoms with Crippen LogP contribution < -0.4 is 10.1 Å². The van der Waals surface area contributed by atoms with E-state index < -0.39 is 5.91 Å². The SMILES string of the molecule is O=C(COc1ccc(Cl)cc1Cl)Nc1cc(Cl)c(Cl)cc1Cl. The lowest BCUT2D eigenvalue weighted by Crippen LogP contribution is -2.20. The minimum atomic E-state index is -0.425. The fourth-order valence-corrected chi connectivity index (χ4v) is 2.60. The molecule has 2 aromatic carbocycles. The van der Waals surface area contributed by atoms with Crippen LogP contribution in [0.25, 0.3) is 0 Å². The summed E-state index contributed by atoms with van der Waals surface area (Å²) >= 11 is 29.4. The zero-order valence-corrected chi connectivity index (χ0v) is 14.6. The van der Waals surface area contributed by atoms with E-state index in [1.807, 2.05) is 0 Å². The van der Waals surface area contributed by atoms with Crippen molar-refractivity contribution < 1.29 is 9.53 Å². The molecule has 0 radical (unpaired) electrons. The number of hydrogen-bond donors (Lipinski definition) is 1. The standard InChI is InChI=1S/C14H8Cl5NO2/c15-7-1-2-13(11(19)3-7)22-6-14(21)20-12-5-9(17)8(16)4-10(12)18/h1-5H,6H2,(H,20,21). The van der Waals surface area contributed by atoms with Crippen molar-refractivity contribution in [1.82, 2.24) is 0 Å². The number of anilines is 1. The molecule has 0 atom stereocenters. The molecule has 0 aliphatic rings. The van der Waals surface area contributed by atoms with Crippen LogP contribution in [0.4, 0.5) is 5.69 Å². The van der Waals surface area contributed by atoms with Crippen molar-refractivity contribution in [3.05, 3.63) is 55.4 Å². The molecule has 0 aliphatic heterocycles. The molecule has 2 aromatic rings. The second kappa shape index (κ2) is 7.62. The first kappa shape index (κ1) is 17.5. The molecule has 0 unspecified atom stereocenters. The number of carbonyl (C=O) groups excluding carboxylic acids is 1. The molecular formula is C14H8Cl5NO2. The summed E-state index contributed by atoms with van der Waals surface area (Å²) in [5.74, 6) is -0.0762. The van der Waals surface area contributed by atoms with Gasteiger partial charge in [0.25, 0.3) is 5.91 Å². The van der Waals surface area contributed by atoms with Crippen molar-refractivity contribution >= 4 is 69.6 Å². The molecule has 0 saturated carbocycles. The molecule has 0 aliphatic carbocycles. The molecule has 1 N–H and O–H groups in total. The number of rotatable bonds is 4. The molecule has 0 saturated heterocycles. The minimum Gasteiger partial charge on any atom is -0.482 e. The largest absolute Gasteiger partial charge is 0.482 e. The summed E-state index contributed by atoms with van der Waals surface area (Å²) in [6.45, 7) is -0.252. The third-order valence-electron chi connectivity index (χ3n) is 2.54. The average Bonchev–Trinajstić information content (AvgIpc) is 2.44. The number of ether oxygens (including phenoxy) is 1. The summed E-state index contributed by atoms with van der Waals surface area (Å²) in [6.07, 6.45) is 0. The fourth-order valence-electron chi connectivity index (χ4n) is 1.54. The second-order valence-electron chi connectivity index (χ2n) is 4.16. The molecule has 0 heterocycles. The monoisotopic (exact) mass is 397 g/mol. The van der Waals surface area contributed by atoms with Gasteiger partial charge in [0, 0.05) is 5.02 Å². The number of benzene rings is 2. The molecular weight excluding hydrogens is 391 g/mol. The minimum absolute atomic E-state index is 0.252. The molecule has 22 heavy (non-hydrogen) atoms. The van der Waals surface area contributed by atoms with Gasteiger partial charge in [0.05, 0.1) is 25.8 Å². The Morgan fingerprint density at radius 2 is 1.59 bits per heavy atom. The lowest BCUT2D eigenvalue weighted by molar-refractivity contribution is -0.118. The van der Waals surface area contributed by atoms with Crippen molar-refractivity contribution in [2.45, 2.75) is 0 Å². The highest BCUT2D eigenvalue weighted by Gasteiger charge is 2.11. The van der Waals surface area contributed by atoms with Crippen molar-refractivity contribution in [2.24, 2.45) is 0 Å². The number of amides is 1. The molecule has 0 spiro atoms. The van der Waals surface area contributed by atoms with E-state index in [9.17, 15) is 4.79 Å². The summed E-state index contributed by atoms with van der Waals surface area (Å²) in [6, 6.07) is 7.60. The summed E-state index contributed by atoms with van der Waals surface area (Å²) in [5, 5.41) is 4.21. The predicted molar refractivity (Wildman–Crippen MR) is 92.1 cm³/mol. The van der Waals surface area contributed by atoms with Gasteiger partial charge in [0.2, 0.25) is 0 Å². The van der Waals surface area contributed by atoms with Crippen molar-refractivity contribution in [1.29, 1.82) is 0 Å². The van der Waals surface area contributed by atoms with E-state index in [0.29, 0.717) is 26.5 Å². The predicted octanol–water partition coefficient (Wildman–Crippen LogP) is 5.97. The summed E-state index contributed by atoms with van der Waals surface area (Å²) < 4.78 is 5.31. The second-order valence-corrected chi connectivity index (χ2v) is 6.22. The quantitative estimate of drug-likeness (QED) is 0.643. The topological polar surface area (TPSA) is 38.3 Å². The Labute approximate surface area is 152 Å². The maximum atomic E-state index is 11.9. The smallest absolute Gasteiger partial charge is 0.262 e. The van der Waals surface area contributed by atoms with Crippen molar-refractivity contribution in [3.8, 4) is 5.75 Å². The zero-order chi connectivity index (χ0) is 16.3. The first-order valence-electron chi connectivity index (χ1n) is 5.89. The lowest BCUT2D eigenvalue weighted by Gasteiger charge is -2.10. The van der Waals surface area contributed by atoms with E-state index in [0.717, 1.165) is 0 Å². The van der Waals surface area contributed by atoms with Gasteiger partial charge in [-0.25, -0.2) is 0 Å². The first-order chi connectivity index (χ1) is 10.4. The Balaban J connectivity index is 2.00. The lowest BCUT2D eigenvalue weighted by atomic mass is 10.3. The van der Waals surface area contributed by atoms with E-state index >= 15 is 0 Å². The highest BCUT2D eigenvalue weighted by molar-refractivity contribution is 6.44. The highest BCUT2D eigenvalue weighted by Crippen LogP contribution is 2.32. The van der Waals surface area contributed by atoms with Gasteiger partial charge >= 0.3 is 0 Å². The van der Waals surface area contributed by atoms with Crippen LogP contribution in [-0.4, -0.2) is 12.5 Å². The summed E-state index contributed by atoms with van der Waals surface area (Å²) in [4.78, 5) is 11.9. The molecule has 0 aromatic heterocycles. The van der Waals surface area contributed by atoms with Crippen molar-refractivity contribution in [3.63, 3.8) is 0 Å². The Kier molecular flexibility index (Phi) is 6.07. The normalized spacial score (nSPS) is 10.4. The van der Waals surface area contributed by atoms with Crippen LogP contribution in [0, 0.1) is 0 Å². The van der Waals surface area contributed by atoms with E-state index in [1.54, 1.807) is 12.1 Å². The van der Waals surface area contributed by atoms with Gasteiger partial charge in [0.15, 0.2) is 6.61 Å². The summed E-state index contributed by atoms with van der Waals surface area (Å²) in [5.41, 5.74) is 0.340. The third-order valence-corrected chi connectivity index (χ3v) is 4.10. The van der Waals surface area contributed by atoms with Gasteiger partial charge in [-0.3, -0.25) is 4.79 Å². The number of hydrogen-bond acceptors (Lipinski definition) is 2. The van der Waals surface area contributed by atoms with Crippen LogP contribution in [0.1, 0.15) is 0 Å². The number of nitrogens with one attached hydrogen (secondary N) is 1. The van der Waals surface area contributed by atoms with Gasteiger partial charge in [0.1, 0.15) is 5.75 Å². The zero-order valence-electron chi connectivity index (χ0n) is 10.8. The molecule has 116 valence electrons. The molecule has 0 bridgehead atoms. The van der Waals surface area contributed by atoms with Crippen LogP contribution in [0.5, 0.6) is 5.75 Å². The van der Waals surface area contributed by atoms with Crippen LogP contribution in [0.3, 0.4) is 0 Å². The van der Waals surface area contributed by atoms with Crippen molar-refractivity contribution in [2.75, 3.05) is 11.9 Å². The maximum absolute atomic E-state index is 11.9. The first-order valence-corrected chi connectivity index (χ1v) is 7.78. The van der Waals surface area contributed by atoms with Gasteiger partial charge in [-0.05, 0) is 30.3 Å². The van der Waals surface area contributed by atoms with Crippen LogP contribution in [-0.2, 0) is 4.79 Å². The van der Waals surface area contributed by atoms with E-state index in [2.05, 4.69) is 5.32 Å². The van der Waals surface area contributed by atoms with Gasteiger partial charge in [-0.2, -0.15) is 0 Å². The Morgan fingerprint density at radius 3 is 2.27 bits per heavy atom. The Morgan fingerprint density at radius 1 is 0.909 bits per heavy atom.